The Bertz CT molecular complexity index is 641. The standard InChI is InChI=1S/C16H19N3O4/c17-16(11-3-5-14(6-4-11)19(21)22)18-23-15(20)9-13-8-10-1-2-12(13)7-10/h3-6,10,12-13H,1-2,7-9H2,(H2,17,18). The summed E-state index contributed by atoms with van der Waals surface area (Å²) in [6, 6.07) is 5.60. The summed E-state index contributed by atoms with van der Waals surface area (Å²) < 4.78 is 0. The Morgan fingerprint density at radius 2 is 2.04 bits per heavy atom. The molecule has 0 spiro atoms. The van der Waals surface area contributed by atoms with E-state index in [0.29, 0.717) is 23.8 Å². The maximum absolute atomic E-state index is 11.9. The van der Waals surface area contributed by atoms with Crippen molar-refractivity contribution in [1.29, 1.82) is 0 Å². The number of benzene rings is 1. The lowest BCUT2D eigenvalue weighted by Crippen LogP contribution is -2.18. The van der Waals surface area contributed by atoms with Gasteiger partial charge in [-0.3, -0.25) is 10.1 Å². The number of nitrogens with two attached hydrogens (primary N) is 1. The summed E-state index contributed by atoms with van der Waals surface area (Å²) >= 11 is 0. The van der Waals surface area contributed by atoms with Gasteiger partial charge in [-0.2, -0.15) is 0 Å². The zero-order valence-corrected chi connectivity index (χ0v) is 12.7. The van der Waals surface area contributed by atoms with Crippen molar-refractivity contribution in [2.24, 2.45) is 28.6 Å². The van der Waals surface area contributed by atoms with Gasteiger partial charge in [0.25, 0.3) is 5.69 Å². The smallest absolute Gasteiger partial charge is 0.335 e. The van der Waals surface area contributed by atoms with Crippen LogP contribution in [0.1, 0.15) is 37.7 Å². The molecule has 2 aliphatic carbocycles. The van der Waals surface area contributed by atoms with Crippen LogP contribution in [0.25, 0.3) is 0 Å². The molecule has 7 nitrogen and oxygen atoms in total. The molecule has 2 saturated carbocycles. The highest BCUT2D eigenvalue weighted by atomic mass is 16.7. The van der Waals surface area contributed by atoms with E-state index >= 15 is 0 Å². The average Bonchev–Trinajstić information content (AvgIpc) is 3.15. The van der Waals surface area contributed by atoms with Crippen molar-refractivity contribution in [2.75, 3.05) is 0 Å². The Balaban J connectivity index is 1.54. The highest BCUT2D eigenvalue weighted by molar-refractivity contribution is 5.97. The molecule has 0 aliphatic heterocycles. The van der Waals surface area contributed by atoms with E-state index in [0.717, 1.165) is 12.3 Å². The number of carbonyl (C=O) groups excluding carboxylic acids is 1. The first-order chi connectivity index (χ1) is 11.0. The molecule has 3 unspecified atom stereocenters. The predicted octanol–water partition coefficient (Wildman–Crippen LogP) is 2.58. The van der Waals surface area contributed by atoms with Gasteiger partial charge in [-0.05, 0) is 49.1 Å². The molecule has 3 rings (SSSR count). The highest BCUT2D eigenvalue weighted by Gasteiger charge is 2.40. The Hall–Kier alpha value is -2.44. The molecule has 0 radical (unpaired) electrons. The number of fused-ring (bicyclic) bond motifs is 2. The van der Waals surface area contributed by atoms with Crippen molar-refractivity contribution in [1.82, 2.24) is 0 Å². The molecular formula is C16H19N3O4. The summed E-state index contributed by atoms with van der Waals surface area (Å²) in [4.78, 5) is 26.9. The molecule has 0 saturated heterocycles. The van der Waals surface area contributed by atoms with Crippen LogP contribution in [-0.4, -0.2) is 16.7 Å². The first-order valence-electron chi connectivity index (χ1n) is 7.81. The maximum atomic E-state index is 11.9. The molecule has 1 aromatic carbocycles. The fourth-order valence-electron chi connectivity index (χ4n) is 3.78. The van der Waals surface area contributed by atoms with Crippen LogP contribution in [0.3, 0.4) is 0 Å². The van der Waals surface area contributed by atoms with Crippen molar-refractivity contribution >= 4 is 17.5 Å². The van der Waals surface area contributed by atoms with Crippen LogP contribution < -0.4 is 5.73 Å². The number of oxime groups is 1. The second-order valence-electron chi connectivity index (χ2n) is 6.38. The van der Waals surface area contributed by atoms with E-state index in [9.17, 15) is 14.9 Å². The average molecular weight is 317 g/mol. The van der Waals surface area contributed by atoms with Gasteiger partial charge in [-0.25, -0.2) is 4.79 Å². The van der Waals surface area contributed by atoms with Crippen LogP contribution in [0, 0.1) is 27.9 Å². The minimum atomic E-state index is -0.494. The number of nitro groups is 1. The molecule has 3 atom stereocenters. The van der Waals surface area contributed by atoms with E-state index in [-0.39, 0.29) is 17.5 Å². The molecule has 2 bridgehead atoms. The van der Waals surface area contributed by atoms with Crippen LogP contribution in [-0.2, 0) is 9.63 Å². The van der Waals surface area contributed by atoms with Crippen LogP contribution in [0.2, 0.25) is 0 Å². The van der Waals surface area contributed by atoms with Gasteiger partial charge in [0, 0.05) is 17.7 Å². The molecule has 2 N–H and O–H groups in total. The zero-order chi connectivity index (χ0) is 16.4. The minimum absolute atomic E-state index is 0.0289. The molecule has 23 heavy (non-hydrogen) atoms. The summed E-state index contributed by atoms with van der Waals surface area (Å²) in [5.41, 5.74) is 6.18. The highest BCUT2D eigenvalue weighted by Crippen LogP contribution is 2.49. The van der Waals surface area contributed by atoms with Crippen molar-refractivity contribution in [3.63, 3.8) is 0 Å². The lowest BCUT2D eigenvalue weighted by atomic mass is 9.86. The van der Waals surface area contributed by atoms with Gasteiger partial charge in [-0.1, -0.05) is 11.6 Å². The number of nitrogens with zero attached hydrogens (tertiary/aromatic N) is 2. The third-order valence-corrected chi connectivity index (χ3v) is 4.93. The van der Waals surface area contributed by atoms with Crippen molar-refractivity contribution in [3.8, 4) is 0 Å². The minimum Gasteiger partial charge on any atom is -0.380 e. The second-order valence-corrected chi connectivity index (χ2v) is 6.38. The summed E-state index contributed by atoms with van der Waals surface area (Å²) in [6.45, 7) is 0. The number of rotatable bonds is 5. The molecule has 0 heterocycles. The molecule has 122 valence electrons. The van der Waals surface area contributed by atoms with Gasteiger partial charge in [0.05, 0.1) is 11.3 Å². The van der Waals surface area contributed by atoms with Gasteiger partial charge >= 0.3 is 5.97 Å². The molecule has 0 amide bonds. The third-order valence-electron chi connectivity index (χ3n) is 4.93. The van der Waals surface area contributed by atoms with Gasteiger partial charge < -0.3 is 10.6 Å². The molecular weight excluding hydrogens is 298 g/mol. The molecule has 1 aromatic rings. The fraction of sp³-hybridized carbons (Fsp3) is 0.500. The van der Waals surface area contributed by atoms with Crippen LogP contribution in [0.5, 0.6) is 0 Å². The number of nitro benzene ring substituents is 1. The second kappa shape index (κ2) is 6.36. The van der Waals surface area contributed by atoms with Crippen LogP contribution in [0.4, 0.5) is 5.69 Å². The lowest BCUT2D eigenvalue weighted by molar-refractivity contribution is -0.384. The Labute approximate surface area is 133 Å². The molecule has 7 heteroatoms. The first kappa shape index (κ1) is 15.5. The van der Waals surface area contributed by atoms with Crippen molar-refractivity contribution in [3.05, 3.63) is 39.9 Å². The number of non-ortho nitro benzene ring substituents is 1. The van der Waals surface area contributed by atoms with Gasteiger partial charge in [0.1, 0.15) is 0 Å². The van der Waals surface area contributed by atoms with E-state index in [1.807, 2.05) is 0 Å². The van der Waals surface area contributed by atoms with Gasteiger partial charge in [-0.15, -0.1) is 0 Å². The van der Waals surface area contributed by atoms with Gasteiger partial charge in [0.15, 0.2) is 5.84 Å². The van der Waals surface area contributed by atoms with Crippen molar-refractivity contribution < 1.29 is 14.6 Å². The number of amidine groups is 1. The van der Waals surface area contributed by atoms with E-state index in [2.05, 4.69) is 5.16 Å². The number of hydrogen-bond acceptors (Lipinski definition) is 5. The topological polar surface area (TPSA) is 108 Å². The van der Waals surface area contributed by atoms with E-state index in [1.165, 1.54) is 43.5 Å². The molecule has 0 aromatic heterocycles. The van der Waals surface area contributed by atoms with Crippen LogP contribution >= 0.6 is 0 Å². The van der Waals surface area contributed by atoms with Crippen molar-refractivity contribution in [2.45, 2.75) is 32.1 Å². The quantitative estimate of drug-likeness (QED) is 0.295. The summed E-state index contributed by atoms with van der Waals surface area (Å²) in [6.07, 6.45) is 5.25. The monoisotopic (exact) mass is 317 g/mol. The summed E-state index contributed by atoms with van der Waals surface area (Å²) in [7, 11) is 0. The Morgan fingerprint density at radius 3 is 2.61 bits per heavy atom. The SMILES string of the molecule is N/C(=N\OC(=O)CC1CC2CCC1C2)c1ccc([N+](=O)[O-])cc1. The van der Waals surface area contributed by atoms with Crippen LogP contribution in [0.15, 0.2) is 29.4 Å². The molecule has 2 fully saturated rings. The fourth-order valence-corrected chi connectivity index (χ4v) is 3.78. The number of hydrogen-bond donors (Lipinski definition) is 1. The molecule has 2 aliphatic rings. The maximum Gasteiger partial charge on any atom is 0.335 e. The third kappa shape index (κ3) is 3.49. The van der Waals surface area contributed by atoms with E-state index in [1.54, 1.807) is 0 Å². The Kier molecular flexibility index (Phi) is 4.27. The van der Waals surface area contributed by atoms with Gasteiger partial charge in [0.2, 0.25) is 0 Å². The zero-order valence-electron chi connectivity index (χ0n) is 12.7. The Morgan fingerprint density at radius 1 is 1.30 bits per heavy atom. The largest absolute Gasteiger partial charge is 0.380 e. The van der Waals surface area contributed by atoms with E-state index in [4.69, 9.17) is 10.6 Å². The summed E-state index contributed by atoms with van der Waals surface area (Å²) in [5.74, 6) is 1.51. The predicted molar refractivity (Wildman–Crippen MR) is 83.5 cm³/mol. The first-order valence-corrected chi connectivity index (χ1v) is 7.81. The van der Waals surface area contributed by atoms with E-state index < -0.39 is 4.92 Å². The summed E-state index contributed by atoms with van der Waals surface area (Å²) in [5, 5.41) is 14.2. The normalized spacial score (nSPS) is 26.3. The lowest BCUT2D eigenvalue weighted by Gasteiger charge is -2.19. The number of carbonyl (C=O) groups is 1.